The van der Waals surface area contributed by atoms with Gasteiger partial charge < -0.3 is 14.2 Å². The first-order valence-corrected chi connectivity index (χ1v) is 9.63. The van der Waals surface area contributed by atoms with Gasteiger partial charge in [-0.25, -0.2) is 0 Å². The summed E-state index contributed by atoms with van der Waals surface area (Å²) in [6.45, 7) is 0. The highest BCUT2D eigenvalue weighted by Crippen LogP contribution is 2.38. The van der Waals surface area contributed by atoms with Crippen molar-refractivity contribution in [3.8, 4) is 40.2 Å². The van der Waals surface area contributed by atoms with E-state index in [0.717, 1.165) is 50.3 Å². The Hall–Kier alpha value is -3.90. The molecule has 0 bridgehead atoms. The van der Waals surface area contributed by atoms with Gasteiger partial charge in [-0.3, -0.25) is 0 Å². The summed E-state index contributed by atoms with van der Waals surface area (Å²) in [7, 11) is 5.01. The second kappa shape index (κ2) is 8.63. The lowest BCUT2D eigenvalue weighted by Gasteiger charge is -2.13. The minimum Gasteiger partial charge on any atom is -0.497 e. The van der Waals surface area contributed by atoms with Crippen molar-refractivity contribution in [1.82, 2.24) is 0 Å². The molecule has 0 saturated carbocycles. The Bertz CT molecular complexity index is 1230. The predicted molar refractivity (Wildman–Crippen MR) is 121 cm³/mol. The van der Waals surface area contributed by atoms with E-state index in [4.69, 9.17) is 14.2 Å². The normalized spacial score (nSPS) is 10.2. The smallest absolute Gasteiger partial charge is 0.127 e. The van der Waals surface area contributed by atoms with E-state index < -0.39 is 0 Å². The minimum atomic E-state index is 0.790. The molecular weight excluding hydrogens is 372 g/mol. The van der Waals surface area contributed by atoms with E-state index in [1.807, 2.05) is 54.6 Å². The Morgan fingerprint density at radius 2 is 1.23 bits per heavy atom. The van der Waals surface area contributed by atoms with Crippen molar-refractivity contribution in [2.24, 2.45) is 0 Å². The number of hydrogen-bond acceptors (Lipinski definition) is 3. The molecule has 0 fully saturated rings. The molecule has 0 aliphatic rings. The van der Waals surface area contributed by atoms with Gasteiger partial charge in [0.25, 0.3) is 0 Å². The standard InChI is InChI=1S/C27H22O3/c1-28-22-13-10-19(11-14-22)9-12-21-17-24-25(27(30-3)16-15-26(24)29-2)18-23(21)20-7-5-4-6-8-20/h4-8,10-11,13-18H,1-3H3. The van der Waals surface area contributed by atoms with E-state index in [-0.39, 0.29) is 0 Å². The number of hydrogen-bond donors (Lipinski definition) is 0. The quantitative estimate of drug-likeness (QED) is 0.401. The first kappa shape index (κ1) is 19.4. The fourth-order valence-corrected chi connectivity index (χ4v) is 3.47. The van der Waals surface area contributed by atoms with E-state index in [1.165, 1.54) is 0 Å². The Morgan fingerprint density at radius 1 is 0.600 bits per heavy atom. The summed E-state index contributed by atoms with van der Waals surface area (Å²) in [5.74, 6) is 9.04. The van der Waals surface area contributed by atoms with Gasteiger partial charge in [-0.1, -0.05) is 42.2 Å². The molecule has 3 nitrogen and oxygen atoms in total. The van der Waals surface area contributed by atoms with Crippen LogP contribution in [-0.2, 0) is 0 Å². The Kier molecular flexibility index (Phi) is 5.59. The van der Waals surface area contributed by atoms with Crippen LogP contribution in [0.5, 0.6) is 17.2 Å². The first-order chi connectivity index (χ1) is 14.7. The Balaban J connectivity index is 1.93. The van der Waals surface area contributed by atoms with E-state index >= 15 is 0 Å². The summed E-state index contributed by atoms with van der Waals surface area (Å²) in [4.78, 5) is 0. The summed E-state index contributed by atoms with van der Waals surface area (Å²) >= 11 is 0. The maximum Gasteiger partial charge on any atom is 0.127 e. The van der Waals surface area contributed by atoms with Gasteiger partial charge >= 0.3 is 0 Å². The molecule has 3 heteroatoms. The van der Waals surface area contributed by atoms with Crippen LogP contribution in [0.2, 0.25) is 0 Å². The van der Waals surface area contributed by atoms with E-state index in [0.29, 0.717) is 0 Å². The fraction of sp³-hybridized carbons (Fsp3) is 0.111. The average Bonchev–Trinajstić information content (AvgIpc) is 2.82. The van der Waals surface area contributed by atoms with Crippen LogP contribution < -0.4 is 14.2 Å². The van der Waals surface area contributed by atoms with Gasteiger partial charge in [-0.05, 0) is 59.7 Å². The summed E-state index contributed by atoms with van der Waals surface area (Å²) in [5.41, 5.74) is 4.00. The van der Waals surface area contributed by atoms with Gasteiger partial charge in [-0.2, -0.15) is 0 Å². The van der Waals surface area contributed by atoms with Crippen molar-refractivity contribution in [1.29, 1.82) is 0 Å². The van der Waals surface area contributed by atoms with Crippen molar-refractivity contribution in [3.05, 3.63) is 90.0 Å². The molecule has 148 valence electrons. The van der Waals surface area contributed by atoms with Gasteiger partial charge in [0, 0.05) is 21.9 Å². The third kappa shape index (κ3) is 3.81. The highest BCUT2D eigenvalue weighted by atomic mass is 16.5. The molecule has 0 spiro atoms. The van der Waals surface area contributed by atoms with Gasteiger partial charge in [0.15, 0.2) is 0 Å². The molecule has 0 unspecified atom stereocenters. The van der Waals surface area contributed by atoms with Crippen LogP contribution in [0.15, 0.2) is 78.9 Å². The van der Waals surface area contributed by atoms with Crippen LogP contribution in [-0.4, -0.2) is 21.3 Å². The number of ether oxygens (including phenoxy) is 3. The molecule has 4 rings (SSSR count). The molecular formula is C27H22O3. The van der Waals surface area contributed by atoms with Crippen molar-refractivity contribution in [2.45, 2.75) is 0 Å². The van der Waals surface area contributed by atoms with Gasteiger partial charge in [0.05, 0.1) is 21.3 Å². The van der Waals surface area contributed by atoms with Crippen LogP contribution in [0.3, 0.4) is 0 Å². The molecule has 4 aromatic carbocycles. The third-order valence-electron chi connectivity index (χ3n) is 5.03. The van der Waals surface area contributed by atoms with Crippen molar-refractivity contribution in [2.75, 3.05) is 21.3 Å². The molecule has 0 heterocycles. The van der Waals surface area contributed by atoms with E-state index in [9.17, 15) is 0 Å². The number of methoxy groups -OCH3 is 3. The molecule has 0 radical (unpaired) electrons. The summed E-state index contributed by atoms with van der Waals surface area (Å²) in [6, 6.07) is 26.0. The molecule has 0 atom stereocenters. The van der Waals surface area contributed by atoms with Gasteiger partial charge in [0.1, 0.15) is 17.2 Å². The number of rotatable bonds is 4. The van der Waals surface area contributed by atoms with Gasteiger partial charge in [0.2, 0.25) is 0 Å². The lowest BCUT2D eigenvalue weighted by atomic mass is 9.94. The van der Waals surface area contributed by atoms with Crippen LogP contribution >= 0.6 is 0 Å². The van der Waals surface area contributed by atoms with Crippen LogP contribution in [0.4, 0.5) is 0 Å². The lowest BCUT2D eigenvalue weighted by molar-refractivity contribution is 0.410. The second-order valence-electron chi connectivity index (χ2n) is 6.76. The third-order valence-corrected chi connectivity index (χ3v) is 5.03. The number of fused-ring (bicyclic) bond motifs is 1. The first-order valence-electron chi connectivity index (χ1n) is 9.63. The zero-order chi connectivity index (χ0) is 20.9. The van der Waals surface area contributed by atoms with E-state index in [2.05, 4.69) is 36.1 Å². The van der Waals surface area contributed by atoms with Crippen LogP contribution in [0.1, 0.15) is 11.1 Å². The van der Waals surface area contributed by atoms with E-state index in [1.54, 1.807) is 21.3 Å². The molecule has 0 aliphatic heterocycles. The molecule has 4 aromatic rings. The summed E-state index contributed by atoms with van der Waals surface area (Å²) in [5, 5.41) is 1.96. The highest BCUT2D eigenvalue weighted by Gasteiger charge is 2.12. The topological polar surface area (TPSA) is 27.7 Å². The maximum atomic E-state index is 5.61. The highest BCUT2D eigenvalue weighted by molar-refractivity contribution is 5.98. The lowest BCUT2D eigenvalue weighted by Crippen LogP contribution is -1.93. The maximum absolute atomic E-state index is 5.61. The van der Waals surface area contributed by atoms with Crippen molar-refractivity contribution in [3.63, 3.8) is 0 Å². The molecule has 30 heavy (non-hydrogen) atoms. The van der Waals surface area contributed by atoms with Crippen LogP contribution in [0, 0.1) is 11.8 Å². The second-order valence-corrected chi connectivity index (χ2v) is 6.76. The molecule has 0 N–H and O–H groups in total. The Morgan fingerprint density at radius 3 is 1.83 bits per heavy atom. The molecule has 0 aliphatic carbocycles. The number of benzene rings is 4. The average molecular weight is 394 g/mol. The monoisotopic (exact) mass is 394 g/mol. The molecule has 0 aromatic heterocycles. The Labute approximate surface area is 176 Å². The van der Waals surface area contributed by atoms with Crippen molar-refractivity contribution < 1.29 is 14.2 Å². The molecule has 0 saturated heterocycles. The zero-order valence-electron chi connectivity index (χ0n) is 17.2. The predicted octanol–water partition coefficient (Wildman–Crippen LogP) is 5.93. The zero-order valence-corrected chi connectivity index (χ0v) is 17.2. The SMILES string of the molecule is COc1ccc(C#Cc2cc3c(OC)ccc(OC)c3cc2-c2ccccc2)cc1. The largest absolute Gasteiger partial charge is 0.497 e. The van der Waals surface area contributed by atoms with Crippen LogP contribution in [0.25, 0.3) is 21.9 Å². The summed E-state index contributed by atoms with van der Waals surface area (Å²) in [6.07, 6.45) is 0. The fourth-order valence-electron chi connectivity index (χ4n) is 3.47. The molecule has 0 amide bonds. The minimum absolute atomic E-state index is 0.790. The van der Waals surface area contributed by atoms with Crippen molar-refractivity contribution >= 4 is 10.8 Å². The van der Waals surface area contributed by atoms with Gasteiger partial charge in [-0.15, -0.1) is 0 Å². The summed E-state index contributed by atoms with van der Waals surface area (Å²) < 4.78 is 16.4.